The molecule has 1 atom stereocenters. The molecule has 0 amide bonds. The first-order valence-electron chi connectivity index (χ1n) is 7.10. The van der Waals surface area contributed by atoms with E-state index in [9.17, 15) is 0 Å². The number of benzene rings is 2. The van der Waals surface area contributed by atoms with Gasteiger partial charge in [0.05, 0.1) is 31.0 Å². The molecule has 0 fully saturated rings. The summed E-state index contributed by atoms with van der Waals surface area (Å²) >= 11 is 1.89. The molecule has 2 heterocycles. The summed E-state index contributed by atoms with van der Waals surface area (Å²) in [6.45, 7) is 0. The molecule has 1 aliphatic rings. The lowest BCUT2D eigenvalue weighted by molar-refractivity contribution is 0.414. The van der Waals surface area contributed by atoms with Gasteiger partial charge < -0.3 is 14.0 Å². The number of hydrogen-bond acceptors (Lipinski definition) is 4. The summed E-state index contributed by atoms with van der Waals surface area (Å²) in [5, 5.41) is 0.248. The van der Waals surface area contributed by atoms with Crippen molar-refractivity contribution in [2.75, 3.05) is 14.2 Å². The van der Waals surface area contributed by atoms with E-state index in [1.54, 1.807) is 14.2 Å². The molecule has 0 N–H and O–H groups in total. The van der Waals surface area contributed by atoms with Gasteiger partial charge in [-0.25, -0.2) is 4.98 Å². The molecule has 2 aromatic carbocycles. The zero-order valence-electron chi connectivity index (χ0n) is 12.4. The molecule has 1 aliphatic heterocycles. The second-order valence-electron chi connectivity index (χ2n) is 5.19. The number of nitrogens with zero attached hydrogens (tertiary/aromatic N) is 2. The first-order chi connectivity index (χ1) is 10.8. The molecule has 0 saturated carbocycles. The molecule has 0 aliphatic carbocycles. The van der Waals surface area contributed by atoms with Gasteiger partial charge in [0, 0.05) is 6.07 Å². The van der Waals surface area contributed by atoms with Crippen LogP contribution in [0.3, 0.4) is 0 Å². The number of fused-ring (bicyclic) bond motifs is 3. The molecule has 1 aromatic heterocycles. The summed E-state index contributed by atoms with van der Waals surface area (Å²) in [6.07, 6.45) is 0. The van der Waals surface area contributed by atoms with Crippen molar-refractivity contribution in [2.24, 2.45) is 0 Å². The Hall–Kier alpha value is -2.14. The maximum Gasteiger partial charge on any atom is 0.121 e. The van der Waals surface area contributed by atoms with Crippen LogP contribution in [0, 0.1) is 0 Å². The Balaban J connectivity index is 1.82. The van der Waals surface area contributed by atoms with Crippen LogP contribution in [0.25, 0.3) is 11.0 Å². The van der Waals surface area contributed by atoms with Gasteiger partial charge in [0.1, 0.15) is 22.7 Å². The zero-order valence-corrected chi connectivity index (χ0v) is 13.3. The fourth-order valence-electron chi connectivity index (χ4n) is 2.85. The smallest absolute Gasteiger partial charge is 0.121 e. The lowest BCUT2D eigenvalue weighted by Crippen LogP contribution is -2.03. The molecule has 0 spiro atoms. The second-order valence-corrected chi connectivity index (χ2v) is 6.26. The van der Waals surface area contributed by atoms with E-state index in [0.717, 1.165) is 34.1 Å². The van der Waals surface area contributed by atoms with Crippen LogP contribution in [0.5, 0.6) is 11.5 Å². The molecule has 4 nitrogen and oxygen atoms in total. The SMILES string of the molecule is COc1ccc(C2SCc3nc4ccc(OC)cc4n32)cc1. The highest BCUT2D eigenvalue weighted by Gasteiger charge is 2.27. The summed E-state index contributed by atoms with van der Waals surface area (Å²) in [7, 11) is 3.38. The first kappa shape index (κ1) is 13.5. The number of ether oxygens (including phenoxy) is 2. The third-order valence-electron chi connectivity index (χ3n) is 3.98. The Kier molecular flexibility index (Phi) is 3.22. The van der Waals surface area contributed by atoms with Gasteiger partial charge in [-0.1, -0.05) is 12.1 Å². The monoisotopic (exact) mass is 312 g/mol. The molecule has 4 rings (SSSR count). The van der Waals surface area contributed by atoms with Gasteiger partial charge in [-0.3, -0.25) is 0 Å². The highest BCUT2D eigenvalue weighted by Crippen LogP contribution is 2.43. The highest BCUT2D eigenvalue weighted by molar-refractivity contribution is 7.99. The Morgan fingerprint density at radius 3 is 2.50 bits per heavy atom. The van der Waals surface area contributed by atoms with Crippen molar-refractivity contribution < 1.29 is 9.47 Å². The van der Waals surface area contributed by atoms with Gasteiger partial charge in [0.15, 0.2) is 0 Å². The Morgan fingerprint density at radius 1 is 1.05 bits per heavy atom. The minimum Gasteiger partial charge on any atom is -0.497 e. The Labute approximate surface area is 133 Å². The van der Waals surface area contributed by atoms with Crippen LogP contribution >= 0.6 is 11.8 Å². The third-order valence-corrected chi connectivity index (χ3v) is 5.20. The van der Waals surface area contributed by atoms with E-state index in [1.165, 1.54) is 5.56 Å². The first-order valence-corrected chi connectivity index (χ1v) is 8.15. The van der Waals surface area contributed by atoms with Crippen molar-refractivity contribution in [1.29, 1.82) is 0 Å². The van der Waals surface area contributed by atoms with Crippen LogP contribution in [-0.2, 0) is 5.75 Å². The van der Waals surface area contributed by atoms with Crippen molar-refractivity contribution in [3.05, 3.63) is 53.9 Å². The lowest BCUT2D eigenvalue weighted by Gasteiger charge is -2.15. The molecule has 3 aromatic rings. The normalized spacial score (nSPS) is 16.7. The van der Waals surface area contributed by atoms with Crippen molar-refractivity contribution in [2.45, 2.75) is 11.1 Å². The van der Waals surface area contributed by atoms with E-state index in [0.29, 0.717) is 0 Å². The van der Waals surface area contributed by atoms with Gasteiger partial charge in [0.25, 0.3) is 0 Å². The summed E-state index contributed by atoms with van der Waals surface area (Å²) in [5.41, 5.74) is 3.40. The molecule has 0 radical (unpaired) electrons. The van der Waals surface area contributed by atoms with E-state index in [4.69, 9.17) is 14.5 Å². The predicted octanol–water partition coefficient (Wildman–Crippen LogP) is 3.85. The van der Waals surface area contributed by atoms with Crippen LogP contribution in [0.4, 0.5) is 0 Å². The van der Waals surface area contributed by atoms with E-state index in [1.807, 2.05) is 36.0 Å². The van der Waals surface area contributed by atoms with Crippen LogP contribution in [-0.4, -0.2) is 23.8 Å². The van der Waals surface area contributed by atoms with Crippen LogP contribution < -0.4 is 9.47 Å². The number of methoxy groups -OCH3 is 2. The largest absolute Gasteiger partial charge is 0.497 e. The predicted molar refractivity (Wildman–Crippen MR) is 88.7 cm³/mol. The van der Waals surface area contributed by atoms with E-state index in [2.05, 4.69) is 22.8 Å². The van der Waals surface area contributed by atoms with E-state index < -0.39 is 0 Å². The van der Waals surface area contributed by atoms with Gasteiger partial charge in [0.2, 0.25) is 0 Å². The minimum atomic E-state index is 0.248. The van der Waals surface area contributed by atoms with Gasteiger partial charge in [-0.15, -0.1) is 11.8 Å². The van der Waals surface area contributed by atoms with Gasteiger partial charge in [-0.05, 0) is 29.8 Å². The molecule has 0 bridgehead atoms. The second kappa shape index (κ2) is 5.25. The summed E-state index contributed by atoms with van der Waals surface area (Å²) in [6, 6.07) is 14.3. The maximum absolute atomic E-state index is 5.36. The summed E-state index contributed by atoms with van der Waals surface area (Å²) in [5.74, 6) is 3.78. The molecule has 112 valence electrons. The number of rotatable bonds is 3. The van der Waals surface area contributed by atoms with Crippen LogP contribution in [0.2, 0.25) is 0 Å². The Bertz CT molecular complexity index is 827. The standard InChI is InChI=1S/C17H16N2O2S/c1-20-12-5-3-11(4-6-12)17-19-15-9-13(21-2)7-8-14(15)18-16(19)10-22-17/h3-9,17H,10H2,1-2H3. The van der Waals surface area contributed by atoms with E-state index >= 15 is 0 Å². The molecular weight excluding hydrogens is 296 g/mol. The maximum atomic E-state index is 5.36. The third kappa shape index (κ3) is 2.04. The molecular formula is C17H16N2O2S. The molecule has 22 heavy (non-hydrogen) atoms. The molecule has 0 saturated heterocycles. The van der Waals surface area contributed by atoms with Gasteiger partial charge in [-0.2, -0.15) is 0 Å². The van der Waals surface area contributed by atoms with Crippen molar-refractivity contribution in [1.82, 2.24) is 9.55 Å². The number of hydrogen-bond donors (Lipinski definition) is 0. The van der Waals surface area contributed by atoms with Gasteiger partial charge >= 0.3 is 0 Å². The van der Waals surface area contributed by atoms with Crippen molar-refractivity contribution in [3.8, 4) is 11.5 Å². The lowest BCUT2D eigenvalue weighted by atomic mass is 10.2. The number of aromatic nitrogens is 2. The number of imidazole rings is 1. The van der Waals surface area contributed by atoms with E-state index in [-0.39, 0.29) is 5.37 Å². The highest BCUT2D eigenvalue weighted by atomic mass is 32.2. The summed E-state index contributed by atoms with van der Waals surface area (Å²) < 4.78 is 12.9. The van der Waals surface area contributed by atoms with Crippen LogP contribution in [0.15, 0.2) is 42.5 Å². The van der Waals surface area contributed by atoms with Crippen molar-refractivity contribution in [3.63, 3.8) is 0 Å². The fraction of sp³-hybridized carbons (Fsp3) is 0.235. The molecule has 1 unspecified atom stereocenters. The van der Waals surface area contributed by atoms with Crippen LogP contribution in [0.1, 0.15) is 16.8 Å². The summed E-state index contributed by atoms with van der Waals surface area (Å²) in [4.78, 5) is 4.74. The quantitative estimate of drug-likeness (QED) is 0.736. The average Bonchev–Trinajstić information content (AvgIpc) is 3.13. The Morgan fingerprint density at radius 2 is 1.77 bits per heavy atom. The zero-order chi connectivity index (χ0) is 15.1. The van der Waals surface area contributed by atoms with Crippen molar-refractivity contribution >= 4 is 22.8 Å². The minimum absolute atomic E-state index is 0.248. The molecule has 5 heteroatoms. The fourth-order valence-corrected chi connectivity index (χ4v) is 4.10. The topological polar surface area (TPSA) is 36.3 Å². The number of thioether (sulfide) groups is 1. The average molecular weight is 312 g/mol.